The topological polar surface area (TPSA) is 152 Å². The van der Waals surface area contributed by atoms with Gasteiger partial charge in [0.15, 0.2) is 0 Å². The van der Waals surface area contributed by atoms with E-state index in [1.165, 1.54) is 17.8 Å². The number of ether oxygens (including phenoxy) is 1. The first-order chi connectivity index (χ1) is 13.8. The van der Waals surface area contributed by atoms with Crippen molar-refractivity contribution in [1.29, 1.82) is 0 Å². The van der Waals surface area contributed by atoms with Gasteiger partial charge in [-0.25, -0.2) is 9.59 Å². The number of fused-ring (bicyclic) bond motifs is 1. The zero-order chi connectivity index (χ0) is 21.7. The number of nitrogens with zero attached hydrogens (tertiary/aromatic N) is 2. The van der Waals surface area contributed by atoms with Gasteiger partial charge in [-0.3, -0.25) is 19.3 Å². The lowest BCUT2D eigenvalue weighted by atomic mass is 10.0. The second-order valence-electron chi connectivity index (χ2n) is 5.59. The van der Waals surface area contributed by atoms with Crippen LogP contribution in [-0.4, -0.2) is 82.0 Å². The van der Waals surface area contributed by atoms with Gasteiger partial charge in [0.25, 0.3) is 11.8 Å². The Bertz CT molecular complexity index is 840. The lowest BCUT2D eigenvalue weighted by Gasteiger charge is -2.49. The van der Waals surface area contributed by atoms with Crippen molar-refractivity contribution in [3.05, 3.63) is 23.9 Å². The third kappa shape index (κ3) is 4.59. The second kappa shape index (κ2) is 9.56. The van der Waals surface area contributed by atoms with Crippen LogP contribution in [0.3, 0.4) is 0 Å². The summed E-state index contributed by atoms with van der Waals surface area (Å²) >= 11 is 6.68. The number of allylic oxidation sites excluding steroid dienone is 1. The first-order valence-electron chi connectivity index (χ1n) is 7.97. The number of halogens is 1. The molecule has 0 saturated carbocycles. The molecule has 13 heteroatoms. The highest BCUT2D eigenvalue weighted by atomic mass is 35.5. The van der Waals surface area contributed by atoms with Crippen molar-refractivity contribution < 1.29 is 38.7 Å². The highest BCUT2D eigenvalue weighted by Crippen LogP contribution is 2.40. The number of oxime groups is 1. The lowest BCUT2D eigenvalue weighted by Crippen LogP contribution is -2.71. The van der Waals surface area contributed by atoms with Crippen LogP contribution < -0.4 is 5.32 Å². The summed E-state index contributed by atoms with van der Waals surface area (Å²) in [5.74, 6) is -5.01. The summed E-state index contributed by atoms with van der Waals surface area (Å²) in [5.41, 5.74) is -0.559. The van der Waals surface area contributed by atoms with E-state index in [4.69, 9.17) is 11.6 Å². The lowest BCUT2D eigenvalue weighted by molar-refractivity contribution is -0.150. The van der Waals surface area contributed by atoms with E-state index in [-0.39, 0.29) is 11.4 Å². The number of hydrogen-bond acceptors (Lipinski definition) is 9. The van der Waals surface area contributed by atoms with Gasteiger partial charge >= 0.3 is 11.9 Å². The van der Waals surface area contributed by atoms with Crippen LogP contribution in [0.15, 0.2) is 29.1 Å². The van der Waals surface area contributed by atoms with Crippen molar-refractivity contribution in [2.75, 3.05) is 25.3 Å². The number of esters is 1. The third-order valence-electron chi connectivity index (χ3n) is 3.90. The zero-order valence-corrected chi connectivity index (χ0v) is 16.6. The monoisotopic (exact) mass is 445 g/mol. The molecule has 1 fully saturated rings. The minimum atomic E-state index is -1.29. The molecule has 0 spiro atoms. The van der Waals surface area contributed by atoms with Gasteiger partial charge in [0.2, 0.25) is 18.1 Å². The van der Waals surface area contributed by atoms with Gasteiger partial charge in [-0.15, -0.1) is 23.4 Å². The fourth-order valence-corrected chi connectivity index (χ4v) is 3.97. The fraction of sp³-hybridized carbons (Fsp3) is 0.375. The molecule has 11 nitrogen and oxygen atoms in total. The number of nitrogens with one attached hydrogen (secondary N) is 1. The van der Waals surface area contributed by atoms with Crippen LogP contribution in [-0.2, 0) is 33.5 Å². The van der Waals surface area contributed by atoms with E-state index in [1.807, 2.05) is 0 Å². The highest BCUT2D eigenvalue weighted by Gasteiger charge is 2.54. The van der Waals surface area contributed by atoms with Crippen molar-refractivity contribution in [3.8, 4) is 0 Å². The smallest absolute Gasteiger partial charge is 0.352 e. The summed E-state index contributed by atoms with van der Waals surface area (Å²) in [5, 5.41) is 14.3. The average molecular weight is 446 g/mol. The van der Waals surface area contributed by atoms with Crippen LogP contribution in [0.4, 0.5) is 0 Å². The molecule has 2 N–H and O–H groups in total. The zero-order valence-electron chi connectivity index (χ0n) is 15.0. The van der Waals surface area contributed by atoms with Crippen LogP contribution in [0.5, 0.6) is 0 Å². The number of carboxylic acids is 1. The normalized spacial score (nSPS) is 21.0. The number of alkyl halides is 1. The Morgan fingerprint density at radius 3 is 2.69 bits per heavy atom. The van der Waals surface area contributed by atoms with Crippen molar-refractivity contribution >= 4 is 58.6 Å². The number of Topliss-reactive ketones (excluding diaryl/α,β-unsaturated/α-hetero) is 1. The van der Waals surface area contributed by atoms with Crippen molar-refractivity contribution in [1.82, 2.24) is 10.2 Å². The molecule has 1 unspecified atom stereocenters. The largest absolute Gasteiger partial charge is 0.477 e. The molecule has 29 heavy (non-hydrogen) atoms. The molecule has 0 radical (unpaired) electrons. The molecule has 0 aromatic heterocycles. The molecule has 0 aromatic rings. The molecule has 2 amide bonds. The van der Waals surface area contributed by atoms with Crippen LogP contribution in [0, 0.1) is 0 Å². The SMILES string of the molecule is C=CC1=C(C(=O)O)N2C(=O)C(NC(=O)C(=NOCC(=O)OC)C(=O)CCl)[C@H]2SC1. The van der Waals surface area contributed by atoms with Gasteiger partial charge in [0.1, 0.15) is 17.1 Å². The summed E-state index contributed by atoms with van der Waals surface area (Å²) in [7, 11) is 1.11. The second-order valence-corrected chi connectivity index (χ2v) is 6.96. The Kier molecular flexibility index (Phi) is 7.40. The molecule has 2 aliphatic rings. The van der Waals surface area contributed by atoms with E-state index >= 15 is 0 Å². The van der Waals surface area contributed by atoms with E-state index in [2.05, 4.69) is 26.6 Å². The molecule has 2 rings (SSSR count). The molecule has 2 atom stereocenters. The summed E-state index contributed by atoms with van der Waals surface area (Å²) in [6, 6.07) is -1.08. The third-order valence-corrected chi connectivity index (χ3v) is 5.44. The first-order valence-corrected chi connectivity index (χ1v) is 9.55. The molecule has 1 saturated heterocycles. The predicted octanol–water partition coefficient (Wildman–Crippen LogP) is -0.735. The summed E-state index contributed by atoms with van der Waals surface area (Å²) in [6.45, 7) is 2.89. The maximum Gasteiger partial charge on any atom is 0.352 e. The maximum absolute atomic E-state index is 12.4. The quantitative estimate of drug-likeness (QED) is 0.117. The van der Waals surface area contributed by atoms with Crippen molar-refractivity contribution in [2.45, 2.75) is 11.4 Å². The molecule has 0 aliphatic carbocycles. The molecule has 0 aromatic carbocycles. The van der Waals surface area contributed by atoms with Gasteiger partial charge in [-0.2, -0.15) is 0 Å². The molecule has 2 aliphatic heterocycles. The standard InChI is InChI=1S/C16H16ClN3O8S/c1-3-7-6-29-15-11(14(24)20(15)12(7)16(25)26)18-13(23)10(8(21)4-17)19-28-5-9(22)27-2/h3,11,15H,1,4-6H2,2H3,(H,18,23)(H,25,26)/t11?,15-/m1/s1. The number of rotatable bonds is 9. The Labute approximate surface area is 173 Å². The fourth-order valence-electron chi connectivity index (χ4n) is 2.50. The van der Waals surface area contributed by atoms with Crippen LogP contribution >= 0.6 is 23.4 Å². The minimum absolute atomic E-state index is 0.202. The minimum Gasteiger partial charge on any atom is -0.477 e. The van der Waals surface area contributed by atoms with Crippen LogP contribution in [0.1, 0.15) is 0 Å². The number of β-lactam (4-membered cyclic amide) rings is 1. The molecular weight excluding hydrogens is 430 g/mol. The van der Waals surface area contributed by atoms with Crippen LogP contribution in [0.25, 0.3) is 0 Å². The van der Waals surface area contributed by atoms with E-state index in [1.54, 1.807) is 0 Å². The van der Waals surface area contributed by atoms with Gasteiger partial charge in [0, 0.05) is 5.75 Å². The van der Waals surface area contributed by atoms with E-state index in [9.17, 15) is 29.1 Å². The highest BCUT2D eigenvalue weighted by molar-refractivity contribution is 8.00. The maximum atomic E-state index is 12.4. The molecule has 156 valence electrons. The van der Waals surface area contributed by atoms with Gasteiger partial charge < -0.3 is 20.0 Å². The number of methoxy groups -OCH3 is 1. The Morgan fingerprint density at radius 2 is 2.14 bits per heavy atom. The predicted molar refractivity (Wildman–Crippen MR) is 101 cm³/mol. The summed E-state index contributed by atoms with van der Waals surface area (Å²) in [4.78, 5) is 64.9. The number of hydrogen-bond donors (Lipinski definition) is 2. The number of carbonyl (C=O) groups is 5. The van der Waals surface area contributed by atoms with Crippen molar-refractivity contribution in [3.63, 3.8) is 0 Å². The Balaban J connectivity index is 2.14. The van der Waals surface area contributed by atoms with Gasteiger partial charge in [-0.1, -0.05) is 17.8 Å². The van der Waals surface area contributed by atoms with E-state index in [0.717, 1.165) is 12.0 Å². The molecule has 0 bridgehead atoms. The first kappa shape index (κ1) is 22.4. The molecule has 2 heterocycles. The Hall–Kier alpha value is -2.86. The summed E-state index contributed by atoms with van der Waals surface area (Å²) < 4.78 is 4.33. The number of aliphatic carboxylic acids is 1. The number of thioether (sulfide) groups is 1. The summed E-state index contributed by atoms with van der Waals surface area (Å²) in [6.07, 6.45) is 1.36. The number of amides is 2. The average Bonchev–Trinajstić information content (AvgIpc) is 2.72. The van der Waals surface area contributed by atoms with Crippen LogP contribution in [0.2, 0.25) is 0 Å². The van der Waals surface area contributed by atoms with E-state index < -0.39 is 59.2 Å². The van der Waals surface area contributed by atoms with E-state index in [0.29, 0.717) is 5.57 Å². The number of carboxylic acid groups (broad SMARTS) is 1. The van der Waals surface area contributed by atoms with Crippen molar-refractivity contribution in [2.24, 2.45) is 5.16 Å². The van der Waals surface area contributed by atoms with Gasteiger partial charge in [-0.05, 0) is 5.57 Å². The van der Waals surface area contributed by atoms with Gasteiger partial charge in [0.05, 0.1) is 13.0 Å². The number of ketones is 1. The number of carbonyl (C=O) groups excluding carboxylic acids is 4. The Morgan fingerprint density at radius 1 is 1.45 bits per heavy atom. The molecular formula is C16H16ClN3O8S.